The molecule has 0 spiro atoms. The van der Waals surface area contributed by atoms with Crippen molar-refractivity contribution in [1.29, 1.82) is 0 Å². The lowest BCUT2D eigenvalue weighted by molar-refractivity contribution is -0.130. The molecule has 120 valence electrons. The summed E-state index contributed by atoms with van der Waals surface area (Å²) in [5, 5.41) is 3.14. The van der Waals surface area contributed by atoms with E-state index in [1.165, 1.54) is 5.56 Å². The summed E-state index contributed by atoms with van der Waals surface area (Å²) in [6.45, 7) is 3.83. The zero-order chi connectivity index (χ0) is 15.6. The molecule has 22 heavy (non-hydrogen) atoms. The molecule has 1 aromatic rings. The monoisotopic (exact) mass is 304 g/mol. The molecule has 2 aliphatic rings. The maximum absolute atomic E-state index is 12.6. The van der Waals surface area contributed by atoms with Gasteiger partial charge in [0, 0.05) is 25.2 Å². The molecule has 1 fully saturated rings. The summed E-state index contributed by atoms with van der Waals surface area (Å²) in [6, 6.07) is 6.11. The molecule has 3 N–H and O–H groups in total. The number of nitrogens with two attached hydrogens (primary N) is 1. The molecule has 0 bridgehead atoms. The first-order valence-electron chi connectivity index (χ1n) is 8.06. The number of carbonyl (C=O) groups is 1. The molecule has 2 heterocycles. The number of fused-ring (bicyclic) bond motifs is 1. The Morgan fingerprint density at radius 2 is 2.14 bits per heavy atom. The Kier molecular flexibility index (Phi) is 4.36. The number of hydrogen-bond donors (Lipinski definition) is 2. The van der Waals surface area contributed by atoms with Crippen LogP contribution in [0.3, 0.4) is 0 Å². The van der Waals surface area contributed by atoms with Crippen LogP contribution in [-0.2, 0) is 16.0 Å². The highest BCUT2D eigenvalue weighted by atomic mass is 16.5. The lowest BCUT2D eigenvalue weighted by Gasteiger charge is -2.35. The van der Waals surface area contributed by atoms with Crippen molar-refractivity contribution >= 4 is 5.91 Å². The third-order valence-corrected chi connectivity index (χ3v) is 4.68. The number of benzene rings is 1. The molecule has 1 atom stereocenters. The van der Waals surface area contributed by atoms with E-state index in [2.05, 4.69) is 18.3 Å². The maximum Gasteiger partial charge on any atom is 0.240 e. The SMILES string of the molecule is CCc1cccc2c1OCCC2NC(=O)C1(N)CCOCC1. The Morgan fingerprint density at radius 3 is 2.86 bits per heavy atom. The van der Waals surface area contributed by atoms with Gasteiger partial charge in [-0.2, -0.15) is 0 Å². The summed E-state index contributed by atoms with van der Waals surface area (Å²) < 4.78 is 11.1. The summed E-state index contributed by atoms with van der Waals surface area (Å²) in [6.07, 6.45) is 2.84. The number of rotatable bonds is 3. The van der Waals surface area contributed by atoms with Crippen LogP contribution < -0.4 is 15.8 Å². The number of nitrogens with one attached hydrogen (secondary N) is 1. The van der Waals surface area contributed by atoms with E-state index in [1.807, 2.05) is 12.1 Å². The molecular formula is C17H24N2O3. The Labute approximate surface area is 131 Å². The molecule has 1 saturated heterocycles. The van der Waals surface area contributed by atoms with Crippen LogP contribution in [0.1, 0.15) is 43.4 Å². The van der Waals surface area contributed by atoms with Crippen molar-refractivity contribution in [1.82, 2.24) is 5.32 Å². The van der Waals surface area contributed by atoms with E-state index in [0.717, 1.165) is 24.2 Å². The second kappa shape index (κ2) is 6.26. The first kappa shape index (κ1) is 15.3. The van der Waals surface area contributed by atoms with E-state index in [-0.39, 0.29) is 11.9 Å². The molecule has 0 aliphatic carbocycles. The highest BCUT2D eigenvalue weighted by Crippen LogP contribution is 2.35. The zero-order valence-electron chi connectivity index (χ0n) is 13.1. The van der Waals surface area contributed by atoms with Crippen LogP contribution in [0, 0.1) is 0 Å². The van der Waals surface area contributed by atoms with E-state index in [4.69, 9.17) is 15.2 Å². The molecule has 5 nitrogen and oxygen atoms in total. The number of amides is 1. The van der Waals surface area contributed by atoms with Gasteiger partial charge in [-0.15, -0.1) is 0 Å². The summed E-state index contributed by atoms with van der Waals surface area (Å²) in [5.74, 6) is 0.857. The summed E-state index contributed by atoms with van der Waals surface area (Å²) in [4.78, 5) is 12.6. The zero-order valence-corrected chi connectivity index (χ0v) is 13.1. The smallest absolute Gasteiger partial charge is 0.240 e. The second-order valence-electron chi connectivity index (χ2n) is 6.12. The lowest BCUT2D eigenvalue weighted by atomic mass is 9.89. The molecule has 0 radical (unpaired) electrons. The predicted octanol–water partition coefficient (Wildman–Crippen LogP) is 1.70. The Morgan fingerprint density at radius 1 is 1.36 bits per heavy atom. The predicted molar refractivity (Wildman–Crippen MR) is 83.8 cm³/mol. The highest BCUT2D eigenvalue weighted by Gasteiger charge is 2.37. The topological polar surface area (TPSA) is 73.6 Å². The van der Waals surface area contributed by atoms with Crippen molar-refractivity contribution in [3.05, 3.63) is 29.3 Å². The number of aryl methyl sites for hydroxylation is 1. The molecule has 1 amide bonds. The Balaban J connectivity index is 1.78. The lowest BCUT2D eigenvalue weighted by Crippen LogP contribution is -2.57. The van der Waals surface area contributed by atoms with Crippen LogP contribution in [0.5, 0.6) is 5.75 Å². The van der Waals surface area contributed by atoms with E-state index in [1.54, 1.807) is 0 Å². The van der Waals surface area contributed by atoms with Crippen molar-refractivity contribution in [3.8, 4) is 5.75 Å². The van der Waals surface area contributed by atoms with Crippen molar-refractivity contribution in [2.24, 2.45) is 5.73 Å². The molecule has 1 aromatic carbocycles. The third-order valence-electron chi connectivity index (χ3n) is 4.68. The normalized spacial score (nSPS) is 23.3. The molecule has 1 unspecified atom stereocenters. The minimum Gasteiger partial charge on any atom is -0.493 e. The van der Waals surface area contributed by atoms with Gasteiger partial charge in [0.05, 0.1) is 18.2 Å². The quantitative estimate of drug-likeness (QED) is 0.891. The number of ether oxygens (including phenoxy) is 2. The van der Waals surface area contributed by atoms with Gasteiger partial charge in [0.1, 0.15) is 5.75 Å². The average molecular weight is 304 g/mol. The van der Waals surface area contributed by atoms with Crippen LogP contribution in [-0.4, -0.2) is 31.3 Å². The number of carbonyl (C=O) groups excluding carboxylic acids is 1. The molecule has 0 saturated carbocycles. The van der Waals surface area contributed by atoms with Gasteiger partial charge >= 0.3 is 0 Å². The summed E-state index contributed by atoms with van der Waals surface area (Å²) in [5.41, 5.74) is 7.72. The molecular weight excluding hydrogens is 280 g/mol. The van der Waals surface area contributed by atoms with E-state index in [0.29, 0.717) is 32.7 Å². The third kappa shape index (κ3) is 2.83. The highest BCUT2D eigenvalue weighted by molar-refractivity contribution is 5.86. The van der Waals surface area contributed by atoms with Gasteiger partial charge in [-0.25, -0.2) is 0 Å². The van der Waals surface area contributed by atoms with Crippen LogP contribution in [0.4, 0.5) is 0 Å². The minimum atomic E-state index is -0.806. The van der Waals surface area contributed by atoms with Gasteiger partial charge in [-0.05, 0) is 24.8 Å². The van der Waals surface area contributed by atoms with Crippen LogP contribution >= 0.6 is 0 Å². The van der Waals surface area contributed by atoms with Gasteiger partial charge in [-0.1, -0.05) is 25.1 Å². The van der Waals surface area contributed by atoms with Gasteiger partial charge < -0.3 is 20.5 Å². The largest absolute Gasteiger partial charge is 0.493 e. The van der Waals surface area contributed by atoms with Crippen LogP contribution in [0.2, 0.25) is 0 Å². The fraction of sp³-hybridized carbons (Fsp3) is 0.588. The molecule has 3 rings (SSSR count). The molecule has 2 aliphatic heterocycles. The van der Waals surface area contributed by atoms with Crippen molar-refractivity contribution in [3.63, 3.8) is 0 Å². The second-order valence-corrected chi connectivity index (χ2v) is 6.12. The summed E-state index contributed by atoms with van der Waals surface area (Å²) >= 11 is 0. The van der Waals surface area contributed by atoms with Gasteiger partial charge in [0.25, 0.3) is 0 Å². The van der Waals surface area contributed by atoms with Crippen molar-refractivity contribution in [2.45, 2.75) is 44.2 Å². The van der Waals surface area contributed by atoms with Crippen molar-refractivity contribution in [2.75, 3.05) is 19.8 Å². The van der Waals surface area contributed by atoms with Gasteiger partial charge in [-0.3, -0.25) is 4.79 Å². The summed E-state index contributed by atoms with van der Waals surface area (Å²) in [7, 11) is 0. The Hall–Kier alpha value is -1.59. The first-order valence-corrected chi connectivity index (χ1v) is 8.06. The fourth-order valence-electron chi connectivity index (χ4n) is 3.18. The molecule has 5 heteroatoms. The van der Waals surface area contributed by atoms with E-state index >= 15 is 0 Å². The maximum atomic E-state index is 12.6. The van der Waals surface area contributed by atoms with Crippen LogP contribution in [0.15, 0.2) is 18.2 Å². The van der Waals surface area contributed by atoms with Gasteiger partial charge in [0.2, 0.25) is 5.91 Å². The number of para-hydroxylation sites is 1. The van der Waals surface area contributed by atoms with Crippen molar-refractivity contribution < 1.29 is 14.3 Å². The molecule has 0 aromatic heterocycles. The first-order chi connectivity index (χ1) is 10.6. The fourth-order valence-corrected chi connectivity index (χ4v) is 3.18. The number of hydrogen-bond acceptors (Lipinski definition) is 4. The standard InChI is InChI=1S/C17H24N2O3/c1-2-12-4-3-5-13-14(6-9-22-15(12)13)19-16(20)17(18)7-10-21-11-8-17/h3-5,14H,2,6-11,18H2,1H3,(H,19,20). The van der Waals surface area contributed by atoms with E-state index in [9.17, 15) is 4.79 Å². The average Bonchev–Trinajstić information content (AvgIpc) is 2.55. The van der Waals surface area contributed by atoms with Gasteiger partial charge in [0.15, 0.2) is 0 Å². The minimum absolute atomic E-state index is 0.0222. The van der Waals surface area contributed by atoms with Crippen LogP contribution in [0.25, 0.3) is 0 Å². The van der Waals surface area contributed by atoms with E-state index < -0.39 is 5.54 Å². The Bertz CT molecular complexity index is 553.